The van der Waals surface area contributed by atoms with Crippen LogP contribution >= 0.6 is 0 Å². The van der Waals surface area contributed by atoms with Crippen LogP contribution in [-0.4, -0.2) is 24.2 Å². The van der Waals surface area contributed by atoms with E-state index in [1.807, 2.05) is 0 Å². The van der Waals surface area contributed by atoms with Gasteiger partial charge < -0.3 is 10.6 Å². The summed E-state index contributed by atoms with van der Waals surface area (Å²) in [5.74, 6) is -4.73. The van der Waals surface area contributed by atoms with Crippen LogP contribution in [0.1, 0.15) is 11.1 Å². The SMILES string of the molecule is Cc1cc(NC(=O)C(F)(F)F)c(NC(=O)C(F)(F)F)cc1C. The fraction of sp³-hybridized carbons (Fsp3) is 0.333. The summed E-state index contributed by atoms with van der Waals surface area (Å²) in [6.07, 6.45) is -10.4. The lowest BCUT2D eigenvalue weighted by molar-refractivity contribution is -0.167. The van der Waals surface area contributed by atoms with E-state index in [1.54, 1.807) is 0 Å². The zero-order valence-corrected chi connectivity index (χ0v) is 11.2. The van der Waals surface area contributed by atoms with Gasteiger partial charge in [-0.3, -0.25) is 9.59 Å². The topological polar surface area (TPSA) is 58.2 Å². The van der Waals surface area contributed by atoms with Gasteiger partial charge in [0.05, 0.1) is 11.4 Å². The fourth-order valence-corrected chi connectivity index (χ4v) is 1.41. The molecule has 0 atom stereocenters. The molecule has 0 heterocycles. The molecule has 22 heavy (non-hydrogen) atoms. The molecule has 0 radical (unpaired) electrons. The summed E-state index contributed by atoms with van der Waals surface area (Å²) in [5, 5.41) is 2.86. The van der Waals surface area contributed by atoms with E-state index in [0.29, 0.717) is 11.1 Å². The molecular formula is C12H10F6N2O2. The quantitative estimate of drug-likeness (QED) is 0.819. The molecule has 2 N–H and O–H groups in total. The first-order valence-electron chi connectivity index (χ1n) is 5.70. The summed E-state index contributed by atoms with van der Waals surface area (Å²) in [6, 6.07) is 2.07. The van der Waals surface area contributed by atoms with Gasteiger partial charge in [0.1, 0.15) is 0 Å². The van der Waals surface area contributed by atoms with Crippen LogP contribution in [0, 0.1) is 13.8 Å². The van der Waals surface area contributed by atoms with Crippen LogP contribution in [0.2, 0.25) is 0 Å². The third-order valence-corrected chi connectivity index (χ3v) is 2.65. The highest BCUT2D eigenvalue weighted by Crippen LogP contribution is 2.29. The van der Waals surface area contributed by atoms with Gasteiger partial charge in [0, 0.05) is 0 Å². The minimum Gasteiger partial charge on any atom is -0.316 e. The second-order valence-corrected chi connectivity index (χ2v) is 4.39. The van der Waals surface area contributed by atoms with Gasteiger partial charge in [0.25, 0.3) is 0 Å². The van der Waals surface area contributed by atoms with Gasteiger partial charge in [-0.15, -0.1) is 0 Å². The largest absolute Gasteiger partial charge is 0.471 e. The molecule has 10 heteroatoms. The lowest BCUT2D eigenvalue weighted by atomic mass is 10.1. The minimum absolute atomic E-state index is 0.419. The molecule has 0 spiro atoms. The van der Waals surface area contributed by atoms with Crippen molar-refractivity contribution < 1.29 is 35.9 Å². The Bertz CT molecular complexity index is 554. The summed E-state index contributed by atoms with van der Waals surface area (Å²) in [7, 11) is 0. The minimum atomic E-state index is -5.22. The molecule has 1 rings (SSSR count). The smallest absolute Gasteiger partial charge is 0.316 e. The van der Waals surface area contributed by atoms with Gasteiger partial charge in [0.15, 0.2) is 0 Å². The molecule has 0 fully saturated rings. The predicted octanol–water partition coefficient (Wildman–Crippen LogP) is 3.31. The Morgan fingerprint density at radius 2 is 1.05 bits per heavy atom. The highest BCUT2D eigenvalue weighted by Gasteiger charge is 2.41. The van der Waals surface area contributed by atoms with E-state index in [4.69, 9.17) is 0 Å². The summed E-state index contributed by atoms with van der Waals surface area (Å²) < 4.78 is 73.3. The molecule has 122 valence electrons. The number of aryl methyl sites for hydroxylation is 2. The number of halogens is 6. The number of carbonyl (C=O) groups is 2. The van der Waals surface area contributed by atoms with Crippen LogP contribution in [0.4, 0.5) is 37.7 Å². The molecule has 0 aliphatic rings. The Morgan fingerprint density at radius 1 is 0.773 bits per heavy atom. The third kappa shape index (κ3) is 4.37. The van der Waals surface area contributed by atoms with Crippen molar-refractivity contribution in [1.82, 2.24) is 0 Å². The second kappa shape index (κ2) is 5.85. The van der Waals surface area contributed by atoms with Crippen LogP contribution < -0.4 is 10.6 Å². The van der Waals surface area contributed by atoms with E-state index in [-0.39, 0.29) is 0 Å². The van der Waals surface area contributed by atoms with Gasteiger partial charge in [-0.2, -0.15) is 26.3 Å². The Labute approximate surface area is 120 Å². The van der Waals surface area contributed by atoms with Gasteiger partial charge in [-0.05, 0) is 37.1 Å². The van der Waals surface area contributed by atoms with Crippen molar-refractivity contribution in [3.8, 4) is 0 Å². The van der Waals surface area contributed by atoms with E-state index in [1.165, 1.54) is 24.5 Å². The number of carbonyl (C=O) groups excluding carboxylic acids is 2. The van der Waals surface area contributed by atoms with Crippen LogP contribution in [0.5, 0.6) is 0 Å². The predicted molar refractivity (Wildman–Crippen MR) is 65.3 cm³/mol. The Balaban J connectivity index is 3.18. The van der Waals surface area contributed by atoms with E-state index in [2.05, 4.69) is 0 Å². The molecule has 1 aromatic carbocycles. The molecule has 0 aliphatic carbocycles. The molecular weight excluding hydrogens is 318 g/mol. The van der Waals surface area contributed by atoms with Gasteiger partial charge in [-0.25, -0.2) is 0 Å². The molecule has 0 saturated carbocycles. The monoisotopic (exact) mass is 328 g/mol. The van der Waals surface area contributed by atoms with E-state index < -0.39 is 35.5 Å². The molecule has 2 amide bonds. The summed E-state index contributed by atoms with van der Waals surface area (Å²) in [4.78, 5) is 21.8. The van der Waals surface area contributed by atoms with Gasteiger partial charge in [-0.1, -0.05) is 0 Å². The summed E-state index contributed by atoms with van der Waals surface area (Å²) >= 11 is 0. The molecule has 0 bridgehead atoms. The van der Waals surface area contributed by atoms with Crippen molar-refractivity contribution in [1.29, 1.82) is 0 Å². The second-order valence-electron chi connectivity index (χ2n) is 4.39. The van der Waals surface area contributed by atoms with Crippen LogP contribution in [-0.2, 0) is 9.59 Å². The van der Waals surface area contributed by atoms with Crippen LogP contribution in [0.25, 0.3) is 0 Å². The molecule has 4 nitrogen and oxygen atoms in total. The van der Waals surface area contributed by atoms with E-state index >= 15 is 0 Å². The number of hydrogen-bond acceptors (Lipinski definition) is 2. The van der Waals surface area contributed by atoms with Crippen molar-refractivity contribution in [2.75, 3.05) is 10.6 Å². The Hall–Kier alpha value is -2.26. The number of benzene rings is 1. The Morgan fingerprint density at radius 3 is 1.27 bits per heavy atom. The summed E-state index contributed by atoms with van der Waals surface area (Å²) in [6.45, 7) is 2.96. The molecule has 0 unspecified atom stereocenters. The normalized spacial score (nSPS) is 12.0. The van der Waals surface area contributed by atoms with E-state index in [9.17, 15) is 35.9 Å². The number of hydrogen-bond donors (Lipinski definition) is 2. The van der Waals surface area contributed by atoms with Crippen LogP contribution in [0.15, 0.2) is 12.1 Å². The number of anilines is 2. The standard InChI is InChI=1S/C12H10F6N2O2/c1-5-3-7(19-9(21)11(13,14)15)8(4-6(5)2)20-10(22)12(16,17)18/h3-4H,1-2H3,(H,19,21)(H,20,22). The van der Waals surface area contributed by atoms with Gasteiger partial charge >= 0.3 is 24.2 Å². The number of nitrogens with one attached hydrogen (secondary N) is 2. The number of alkyl halides is 6. The Kier molecular flexibility index (Phi) is 4.73. The molecule has 0 saturated heterocycles. The van der Waals surface area contributed by atoms with Crippen molar-refractivity contribution in [2.45, 2.75) is 26.2 Å². The average molecular weight is 328 g/mol. The lowest BCUT2D eigenvalue weighted by Crippen LogP contribution is -2.32. The summed E-state index contributed by atoms with van der Waals surface area (Å²) in [5.41, 5.74) is -0.323. The van der Waals surface area contributed by atoms with Gasteiger partial charge in [0.2, 0.25) is 0 Å². The lowest BCUT2D eigenvalue weighted by Gasteiger charge is -2.16. The average Bonchev–Trinajstić information content (AvgIpc) is 2.32. The van der Waals surface area contributed by atoms with Crippen molar-refractivity contribution in [3.05, 3.63) is 23.3 Å². The maximum atomic E-state index is 12.2. The van der Waals surface area contributed by atoms with Crippen molar-refractivity contribution >= 4 is 23.2 Å². The molecule has 0 aliphatic heterocycles. The zero-order valence-electron chi connectivity index (χ0n) is 11.2. The first kappa shape index (κ1) is 17.8. The molecule has 1 aromatic rings. The number of rotatable bonds is 2. The van der Waals surface area contributed by atoms with E-state index in [0.717, 1.165) is 12.1 Å². The van der Waals surface area contributed by atoms with Crippen molar-refractivity contribution in [2.24, 2.45) is 0 Å². The highest BCUT2D eigenvalue weighted by molar-refractivity contribution is 6.02. The maximum absolute atomic E-state index is 12.2. The highest BCUT2D eigenvalue weighted by atomic mass is 19.4. The zero-order chi connectivity index (χ0) is 17.3. The maximum Gasteiger partial charge on any atom is 0.471 e. The number of amides is 2. The fourth-order valence-electron chi connectivity index (χ4n) is 1.41. The van der Waals surface area contributed by atoms with Crippen molar-refractivity contribution in [3.63, 3.8) is 0 Å². The first-order valence-corrected chi connectivity index (χ1v) is 5.70. The molecule has 0 aromatic heterocycles. The third-order valence-electron chi connectivity index (χ3n) is 2.65. The van der Waals surface area contributed by atoms with Crippen LogP contribution in [0.3, 0.4) is 0 Å². The first-order chi connectivity index (χ1) is 9.82.